The highest BCUT2D eigenvalue weighted by Crippen LogP contribution is 2.46. The zero-order chi connectivity index (χ0) is 22.3. The standard InChI is InChI=1S/C25H30N2O4S/c1-2-24(28)27-15-12-18-16-19(10-11-22(18)27)32(29,30)26-21-17-25(13-6-3-7-14-25)31-23-9-5-4-8-20(21)23/h4-5,8-11,16,21,26H,2-3,6-7,12-15,17H2,1H3/t21-/m0/s1. The van der Waals surface area contributed by atoms with E-state index in [1.807, 2.05) is 31.2 Å². The summed E-state index contributed by atoms with van der Waals surface area (Å²) in [6.07, 6.45) is 7.10. The Morgan fingerprint density at radius 3 is 2.72 bits per heavy atom. The molecule has 0 unspecified atom stereocenters. The molecule has 170 valence electrons. The largest absolute Gasteiger partial charge is 0.487 e. The smallest absolute Gasteiger partial charge is 0.241 e. The molecule has 0 saturated heterocycles. The topological polar surface area (TPSA) is 75.7 Å². The Kier molecular flexibility index (Phi) is 5.50. The molecule has 1 N–H and O–H groups in total. The highest BCUT2D eigenvalue weighted by molar-refractivity contribution is 7.89. The van der Waals surface area contributed by atoms with Crippen LogP contribution in [-0.4, -0.2) is 26.5 Å². The number of nitrogens with one attached hydrogen (secondary N) is 1. The molecule has 0 radical (unpaired) electrons. The number of carbonyl (C=O) groups excluding carboxylic acids is 1. The molecule has 2 aliphatic heterocycles. The number of hydrogen-bond acceptors (Lipinski definition) is 4. The maximum Gasteiger partial charge on any atom is 0.241 e. The van der Waals surface area contributed by atoms with Gasteiger partial charge in [0.25, 0.3) is 0 Å². The van der Waals surface area contributed by atoms with Crippen LogP contribution in [-0.2, 0) is 21.2 Å². The number of ether oxygens (including phenoxy) is 1. The zero-order valence-corrected chi connectivity index (χ0v) is 19.3. The predicted molar refractivity (Wildman–Crippen MR) is 123 cm³/mol. The number of carbonyl (C=O) groups is 1. The second-order valence-corrected chi connectivity index (χ2v) is 10.9. The normalized spacial score (nSPS) is 21.7. The maximum absolute atomic E-state index is 13.4. The van der Waals surface area contributed by atoms with Crippen molar-refractivity contribution < 1.29 is 17.9 Å². The number of nitrogens with zero attached hydrogens (tertiary/aromatic N) is 1. The molecule has 1 aliphatic carbocycles. The van der Waals surface area contributed by atoms with Crippen molar-refractivity contribution in [1.29, 1.82) is 0 Å². The average Bonchev–Trinajstić information content (AvgIpc) is 3.22. The first kappa shape index (κ1) is 21.5. The average molecular weight is 455 g/mol. The molecule has 1 fully saturated rings. The molecule has 2 aromatic rings. The van der Waals surface area contributed by atoms with Crippen LogP contribution in [0.5, 0.6) is 5.75 Å². The highest BCUT2D eigenvalue weighted by Gasteiger charge is 2.43. The van der Waals surface area contributed by atoms with Crippen molar-refractivity contribution in [2.45, 2.75) is 74.8 Å². The molecule has 7 heteroatoms. The third-order valence-electron chi connectivity index (χ3n) is 7.12. The summed E-state index contributed by atoms with van der Waals surface area (Å²) in [4.78, 5) is 14.2. The molecular weight excluding hydrogens is 424 g/mol. The molecule has 0 bridgehead atoms. The van der Waals surface area contributed by atoms with Crippen LogP contribution in [0.25, 0.3) is 0 Å². The minimum Gasteiger partial charge on any atom is -0.487 e. The number of fused-ring (bicyclic) bond motifs is 2. The van der Waals surface area contributed by atoms with Gasteiger partial charge in [-0.05, 0) is 61.9 Å². The minimum absolute atomic E-state index is 0.0640. The Hall–Kier alpha value is -2.38. The number of rotatable bonds is 4. The van der Waals surface area contributed by atoms with E-state index in [-0.39, 0.29) is 22.4 Å². The number of para-hydroxylation sites is 1. The first-order chi connectivity index (χ1) is 15.4. The van der Waals surface area contributed by atoms with Crippen molar-refractivity contribution in [3.63, 3.8) is 0 Å². The van der Waals surface area contributed by atoms with E-state index in [9.17, 15) is 13.2 Å². The van der Waals surface area contributed by atoms with Crippen molar-refractivity contribution in [3.8, 4) is 5.75 Å². The Morgan fingerprint density at radius 2 is 1.94 bits per heavy atom. The second-order valence-electron chi connectivity index (χ2n) is 9.20. The fourth-order valence-electron chi connectivity index (χ4n) is 5.48. The summed E-state index contributed by atoms with van der Waals surface area (Å²) in [5.74, 6) is 0.852. The number of sulfonamides is 1. The molecule has 5 rings (SSSR count). The lowest BCUT2D eigenvalue weighted by atomic mass is 9.77. The van der Waals surface area contributed by atoms with Gasteiger partial charge < -0.3 is 9.64 Å². The number of anilines is 1. The summed E-state index contributed by atoms with van der Waals surface area (Å²) in [6.45, 7) is 2.45. The van der Waals surface area contributed by atoms with Crippen LogP contribution in [0.15, 0.2) is 47.4 Å². The highest BCUT2D eigenvalue weighted by atomic mass is 32.2. The van der Waals surface area contributed by atoms with Gasteiger partial charge in [0.05, 0.1) is 10.9 Å². The van der Waals surface area contributed by atoms with Crippen molar-refractivity contribution in [2.75, 3.05) is 11.4 Å². The van der Waals surface area contributed by atoms with E-state index in [1.165, 1.54) is 6.42 Å². The lowest BCUT2D eigenvalue weighted by Gasteiger charge is -2.44. The molecule has 1 amide bonds. The monoisotopic (exact) mass is 454 g/mol. The van der Waals surface area contributed by atoms with Crippen LogP contribution in [0, 0.1) is 0 Å². The van der Waals surface area contributed by atoms with Gasteiger partial charge in [0.1, 0.15) is 11.4 Å². The fourth-order valence-corrected chi connectivity index (χ4v) is 6.74. The first-order valence-corrected chi connectivity index (χ1v) is 13.1. The van der Waals surface area contributed by atoms with Gasteiger partial charge in [0.15, 0.2) is 0 Å². The van der Waals surface area contributed by atoms with E-state index >= 15 is 0 Å². The van der Waals surface area contributed by atoms with E-state index in [0.717, 1.165) is 48.2 Å². The van der Waals surface area contributed by atoms with Gasteiger partial charge in [-0.25, -0.2) is 13.1 Å². The molecule has 2 heterocycles. The summed E-state index contributed by atoms with van der Waals surface area (Å²) in [6, 6.07) is 12.6. The van der Waals surface area contributed by atoms with Gasteiger partial charge >= 0.3 is 0 Å². The zero-order valence-electron chi connectivity index (χ0n) is 18.5. The van der Waals surface area contributed by atoms with Crippen molar-refractivity contribution >= 4 is 21.6 Å². The molecule has 32 heavy (non-hydrogen) atoms. The summed E-state index contributed by atoms with van der Waals surface area (Å²) in [7, 11) is -3.73. The third kappa shape index (κ3) is 3.82. The molecule has 1 atom stereocenters. The number of hydrogen-bond donors (Lipinski definition) is 1. The fraction of sp³-hybridized carbons (Fsp3) is 0.480. The number of benzene rings is 2. The molecule has 1 spiro atoms. The van der Waals surface area contributed by atoms with Gasteiger partial charge in [-0.2, -0.15) is 0 Å². The van der Waals surface area contributed by atoms with E-state index in [1.54, 1.807) is 23.1 Å². The first-order valence-electron chi connectivity index (χ1n) is 11.6. The van der Waals surface area contributed by atoms with Crippen LogP contribution in [0.2, 0.25) is 0 Å². The summed E-state index contributed by atoms with van der Waals surface area (Å²) in [5, 5.41) is 0. The van der Waals surface area contributed by atoms with Crippen molar-refractivity contribution in [1.82, 2.24) is 4.72 Å². The Morgan fingerprint density at radius 1 is 1.16 bits per heavy atom. The Balaban J connectivity index is 1.43. The van der Waals surface area contributed by atoms with Gasteiger partial charge in [0, 0.05) is 30.6 Å². The summed E-state index contributed by atoms with van der Waals surface area (Å²) in [5.41, 5.74) is 2.34. The molecule has 6 nitrogen and oxygen atoms in total. The van der Waals surface area contributed by atoms with Crippen LogP contribution in [0.3, 0.4) is 0 Å². The lowest BCUT2D eigenvalue weighted by Crippen LogP contribution is -2.46. The Labute approximate surface area is 190 Å². The van der Waals surface area contributed by atoms with Crippen molar-refractivity contribution in [3.05, 3.63) is 53.6 Å². The van der Waals surface area contributed by atoms with E-state index in [4.69, 9.17) is 4.74 Å². The van der Waals surface area contributed by atoms with E-state index in [0.29, 0.717) is 25.8 Å². The molecule has 0 aromatic heterocycles. The van der Waals surface area contributed by atoms with Crippen LogP contribution < -0.4 is 14.4 Å². The lowest BCUT2D eigenvalue weighted by molar-refractivity contribution is -0.118. The van der Waals surface area contributed by atoms with E-state index < -0.39 is 10.0 Å². The number of amides is 1. The second kappa shape index (κ2) is 8.19. The SMILES string of the molecule is CCC(=O)N1CCc2cc(S(=O)(=O)N[C@H]3CC4(CCCCC4)Oc4ccccc43)ccc21. The quantitative estimate of drug-likeness (QED) is 0.739. The van der Waals surface area contributed by atoms with Gasteiger partial charge in [0.2, 0.25) is 15.9 Å². The molecule has 3 aliphatic rings. The summed E-state index contributed by atoms with van der Waals surface area (Å²) < 4.78 is 36.3. The maximum atomic E-state index is 13.4. The van der Waals surface area contributed by atoms with E-state index in [2.05, 4.69) is 4.72 Å². The molecule has 2 aromatic carbocycles. The van der Waals surface area contributed by atoms with Gasteiger partial charge in [-0.15, -0.1) is 0 Å². The Bertz CT molecular complexity index is 1140. The van der Waals surface area contributed by atoms with Gasteiger partial charge in [-0.3, -0.25) is 4.79 Å². The van der Waals surface area contributed by atoms with Gasteiger partial charge in [-0.1, -0.05) is 31.5 Å². The molecule has 1 saturated carbocycles. The van der Waals surface area contributed by atoms with Crippen LogP contribution in [0.1, 0.15) is 69.0 Å². The van der Waals surface area contributed by atoms with Crippen LogP contribution in [0.4, 0.5) is 5.69 Å². The minimum atomic E-state index is -3.73. The molecular formula is C25H30N2O4S. The van der Waals surface area contributed by atoms with Crippen LogP contribution >= 0.6 is 0 Å². The predicted octanol–water partition coefficient (Wildman–Crippen LogP) is 4.49. The summed E-state index contributed by atoms with van der Waals surface area (Å²) >= 11 is 0. The third-order valence-corrected chi connectivity index (χ3v) is 8.59. The van der Waals surface area contributed by atoms with Crippen molar-refractivity contribution in [2.24, 2.45) is 0 Å².